The Bertz CT molecular complexity index is 1230. The van der Waals surface area contributed by atoms with Crippen LogP contribution in [0.3, 0.4) is 0 Å². The van der Waals surface area contributed by atoms with Crippen molar-refractivity contribution in [1.29, 1.82) is 0 Å². The molecule has 0 N–H and O–H groups in total. The Labute approximate surface area is 173 Å². The summed E-state index contributed by atoms with van der Waals surface area (Å²) in [5.41, 5.74) is 2.52. The zero-order valence-corrected chi connectivity index (χ0v) is 17.1. The molecule has 0 saturated heterocycles. The second kappa shape index (κ2) is 7.27. The second-order valence-electron chi connectivity index (χ2n) is 6.72. The first-order chi connectivity index (χ1) is 13.8. The third-order valence-corrected chi connectivity index (χ3v) is 7.45. The molecule has 0 aliphatic heterocycles. The lowest BCUT2D eigenvalue weighted by Gasteiger charge is -2.16. The molecule has 136 valence electrons. The molecule has 0 radical (unpaired) electrons. The lowest BCUT2D eigenvalue weighted by atomic mass is 10.0. The number of anilines is 2. The van der Waals surface area contributed by atoms with E-state index < -0.39 is 0 Å². The zero-order chi connectivity index (χ0) is 18.9. The number of hydrogen-bond donors (Lipinski definition) is 0. The van der Waals surface area contributed by atoms with Crippen LogP contribution in [0, 0.1) is 0 Å². The maximum atomic E-state index is 2.25. The van der Waals surface area contributed by atoms with Gasteiger partial charge in [-0.2, -0.15) is 0 Å². The molecular weight excluding hydrogens is 378 g/mol. The lowest BCUT2D eigenvalue weighted by molar-refractivity contribution is 1.24. The number of fused-ring (bicyclic) bond motifs is 1. The number of benzene rings is 3. The van der Waals surface area contributed by atoms with Crippen LogP contribution < -0.4 is 4.90 Å². The van der Waals surface area contributed by atoms with Crippen molar-refractivity contribution in [2.75, 3.05) is 11.9 Å². The molecule has 3 heteroatoms. The second-order valence-corrected chi connectivity index (χ2v) is 8.87. The van der Waals surface area contributed by atoms with Crippen LogP contribution in [0.25, 0.3) is 31.0 Å². The van der Waals surface area contributed by atoms with Crippen LogP contribution in [-0.2, 0) is 0 Å². The number of para-hydroxylation sites is 1. The van der Waals surface area contributed by atoms with E-state index in [2.05, 4.69) is 109 Å². The topological polar surface area (TPSA) is 3.24 Å². The highest BCUT2D eigenvalue weighted by atomic mass is 32.1. The van der Waals surface area contributed by atoms with Crippen LogP contribution in [0.15, 0.2) is 97.1 Å². The van der Waals surface area contributed by atoms with Crippen molar-refractivity contribution >= 4 is 44.1 Å². The van der Waals surface area contributed by atoms with Gasteiger partial charge >= 0.3 is 0 Å². The summed E-state index contributed by atoms with van der Waals surface area (Å²) >= 11 is 3.70. The van der Waals surface area contributed by atoms with E-state index in [-0.39, 0.29) is 0 Å². The molecule has 0 aliphatic rings. The Kier molecular flexibility index (Phi) is 4.47. The molecule has 0 bridgehead atoms. The zero-order valence-electron chi connectivity index (χ0n) is 15.5. The van der Waals surface area contributed by atoms with Crippen molar-refractivity contribution < 1.29 is 0 Å². The molecule has 5 aromatic rings. The van der Waals surface area contributed by atoms with Crippen LogP contribution in [0.5, 0.6) is 0 Å². The minimum Gasteiger partial charge on any atom is -0.336 e. The lowest BCUT2D eigenvalue weighted by Crippen LogP contribution is -2.06. The summed E-state index contributed by atoms with van der Waals surface area (Å²) in [7, 11) is 2.13. The van der Waals surface area contributed by atoms with Gasteiger partial charge in [0.15, 0.2) is 0 Å². The fourth-order valence-electron chi connectivity index (χ4n) is 3.47. The van der Waals surface area contributed by atoms with Gasteiger partial charge in [-0.05, 0) is 52.7 Å². The summed E-state index contributed by atoms with van der Waals surface area (Å²) in [6, 6.07) is 34.6. The van der Waals surface area contributed by atoms with Gasteiger partial charge in [0.25, 0.3) is 0 Å². The van der Waals surface area contributed by atoms with Crippen LogP contribution in [0.2, 0.25) is 0 Å². The van der Waals surface area contributed by atoms with E-state index in [1.165, 1.54) is 41.7 Å². The van der Waals surface area contributed by atoms with E-state index in [1.807, 2.05) is 22.7 Å². The van der Waals surface area contributed by atoms with Crippen molar-refractivity contribution in [3.63, 3.8) is 0 Å². The van der Waals surface area contributed by atoms with E-state index in [0.717, 1.165) is 0 Å². The third-order valence-electron chi connectivity index (χ3n) is 4.97. The first-order valence-electron chi connectivity index (χ1n) is 9.26. The fourth-order valence-corrected chi connectivity index (χ4v) is 5.60. The number of thiophene rings is 2. The van der Waals surface area contributed by atoms with Crippen molar-refractivity contribution in [2.45, 2.75) is 0 Å². The first-order valence-corrected chi connectivity index (χ1v) is 10.9. The summed E-state index contributed by atoms with van der Waals surface area (Å²) in [5.74, 6) is 0. The highest BCUT2D eigenvalue weighted by molar-refractivity contribution is 7.25. The maximum Gasteiger partial charge on any atom is 0.0957 e. The Balaban J connectivity index is 1.48. The summed E-state index contributed by atoms with van der Waals surface area (Å²) in [5, 5.41) is 3.85. The largest absolute Gasteiger partial charge is 0.336 e. The SMILES string of the molecule is CN(c1ccccc1)c1ccc(-c2ccc(-c3cccc4ccccc34)s2)s1. The molecule has 5 rings (SSSR count). The van der Waals surface area contributed by atoms with Gasteiger partial charge in [0.05, 0.1) is 5.00 Å². The van der Waals surface area contributed by atoms with E-state index in [9.17, 15) is 0 Å². The molecule has 1 nitrogen and oxygen atoms in total. The Morgan fingerprint density at radius 1 is 0.571 bits per heavy atom. The molecule has 0 atom stereocenters. The van der Waals surface area contributed by atoms with E-state index in [1.54, 1.807) is 0 Å². The van der Waals surface area contributed by atoms with Crippen LogP contribution in [0.1, 0.15) is 0 Å². The van der Waals surface area contributed by atoms with Crippen molar-refractivity contribution in [3.05, 3.63) is 97.1 Å². The molecule has 0 aliphatic carbocycles. The highest BCUT2D eigenvalue weighted by Crippen LogP contribution is 2.42. The summed E-state index contributed by atoms with van der Waals surface area (Å²) in [6.45, 7) is 0. The molecule has 0 saturated carbocycles. The molecular formula is C25H19NS2. The number of rotatable bonds is 4. The summed E-state index contributed by atoms with van der Waals surface area (Å²) in [4.78, 5) is 6.20. The molecule has 2 aromatic heterocycles. The minimum atomic E-state index is 1.21. The maximum absolute atomic E-state index is 2.25. The van der Waals surface area contributed by atoms with Gasteiger partial charge in [-0.3, -0.25) is 0 Å². The van der Waals surface area contributed by atoms with E-state index in [0.29, 0.717) is 0 Å². The van der Waals surface area contributed by atoms with Gasteiger partial charge in [-0.25, -0.2) is 0 Å². The van der Waals surface area contributed by atoms with Crippen LogP contribution in [-0.4, -0.2) is 7.05 Å². The predicted molar refractivity (Wildman–Crippen MR) is 125 cm³/mol. The number of nitrogens with zero attached hydrogens (tertiary/aromatic N) is 1. The van der Waals surface area contributed by atoms with Gasteiger partial charge < -0.3 is 4.90 Å². The van der Waals surface area contributed by atoms with Gasteiger partial charge in [0.2, 0.25) is 0 Å². The normalized spacial score (nSPS) is 11.0. The van der Waals surface area contributed by atoms with E-state index in [4.69, 9.17) is 0 Å². The molecule has 0 fully saturated rings. The molecule has 3 aromatic carbocycles. The van der Waals surface area contributed by atoms with Gasteiger partial charge in [0.1, 0.15) is 0 Å². The summed E-state index contributed by atoms with van der Waals surface area (Å²) in [6.07, 6.45) is 0. The van der Waals surface area contributed by atoms with Crippen molar-refractivity contribution in [2.24, 2.45) is 0 Å². The van der Waals surface area contributed by atoms with Crippen LogP contribution in [0.4, 0.5) is 10.7 Å². The summed E-state index contributed by atoms with van der Waals surface area (Å²) < 4.78 is 0. The van der Waals surface area contributed by atoms with Gasteiger partial charge in [-0.15, -0.1) is 22.7 Å². The minimum absolute atomic E-state index is 1.21. The van der Waals surface area contributed by atoms with E-state index >= 15 is 0 Å². The Hall–Kier alpha value is -2.88. The van der Waals surface area contributed by atoms with Crippen molar-refractivity contribution in [3.8, 4) is 20.2 Å². The predicted octanol–water partition coefficient (Wildman–Crippen LogP) is 8.06. The monoisotopic (exact) mass is 397 g/mol. The van der Waals surface area contributed by atoms with Crippen LogP contribution >= 0.6 is 22.7 Å². The van der Waals surface area contributed by atoms with Gasteiger partial charge in [-0.1, -0.05) is 60.7 Å². The van der Waals surface area contributed by atoms with Gasteiger partial charge in [0, 0.05) is 27.4 Å². The molecule has 0 amide bonds. The molecule has 0 unspecified atom stereocenters. The average Bonchev–Trinajstić information content (AvgIpc) is 3.43. The molecule has 2 heterocycles. The van der Waals surface area contributed by atoms with Crippen molar-refractivity contribution in [1.82, 2.24) is 0 Å². The number of hydrogen-bond acceptors (Lipinski definition) is 3. The fraction of sp³-hybridized carbons (Fsp3) is 0.0400. The highest BCUT2D eigenvalue weighted by Gasteiger charge is 2.12. The smallest absolute Gasteiger partial charge is 0.0957 e. The standard InChI is InChI=1S/C25H19NS2/c1-26(19-10-3-2-4-11-19)25-17-16-24(28-25)23-15-14-22(27-23)21-13-7-9-18-8-5-6-12-20(18)21/h2-17H,1H3. The Morgan fingerprint density at radius 3 is 2.14 bits per heavy atom. The average molecular weight is 398 g/mol. The quantitative estimate of drug-likeness (QED) is 0.296. The first kappa shape index (κ1) is 17.2. The third kappa shape index (κ3) is 3.13. The molecule has 0 spiro atoms. The molecule has 28 heavy (non-hydrogen) atoms. The Morgan fingerprint density at radius 2 is 1.25 bits per heavy atom.